The minimum Gasteiger partial charge on any atom is -0.488 e. The Bertz CT molecular complexity index is 449. The van der Waals surface area contributed by atoms with E-state index in [2.05, 4.69) is 10.2 Å². The van der Waals surface area contributed by atoms with Crippen LogP contribution in [0.25, 0.3) is 0 Å². The van der Waals surface area contributed by atoms with Crippen LogP contribution >= 0.6 is 11.6 Å². The van der Waals surface area contributed by atoms with Crippen molar-refractivity contribution < 1.29 is 9.47 Å². The van der Waals surface area contributed by atoms with Gasteiger partial charge in [-0.15, -0.1) is 0 Å². The van der Waals surface area contributed by atoms with Crippen LogP contribution in [-0.2, 0) is 11.2 Å². The smallest absolute Gasteiger partial charge is 0.123 e. The van der Waals surface area contributed by atoms with E-state index in [0.717, 1.165) is 63.1 Å². The van der Waals surface area contributed by atoms with E-state index in [9.17, 15) is 0 Å². The third-order valence-electron chi connectivity index (χ3n) is 3.84. The molecule has 1 aromatic carbocycles. The average Bonchev–Trinajstić information content (AvgIpc) is 2.86. The van der Waals surface area contributed by atoms with Gasteiger partial charge in [0, 0.05) is 44.2 Å². The summed E-state index contributed by atoms with van der Waals surface area (Å²) in [7, 11) is 0. The van der Waals surface area contributed by atoms with Crippen molar-refractivity contribution in [2.45, 2.75) is 12.5 Å². The molecule has 5 heteroatoms. The highest BCUT2D eigenvalue weighted by Gasteiger charge is 2.22. The zero-order valence-corrected chi connectivity index (χ0v) is 12.4. The number of nitrogens with one attached hydrogen (secondary N) is 1. The third-order valence-corrected chi connectivity index (χ3v) is 4.08. The molecule has 0 spiro atoms. The van der Waals surface area contributed by atoms with Crippen LogP contribution in [0.15, 0.2) is 18.2 Å². The molecule has 0 radical (unpaired) electrons. The van der Waals surface area contributed by atoms with Gasteiger partial charge in [-0.3, -0.25) is 4.90 Å². The van der Waals surface area contributed by atoms with Gasteiger partial charge in [0.05, 0.1) is 13.2 Å². The summed E-state index contributed by atoms with van der Waals surface area (Å²) < 4.78 is 11.2. The summed E-state index contributed by atoms with van der Waals surface area (Å²) in [5.41, 5.74) is 1.22. The first-order valence-corrected chi connectivity index (χ1v) is 7.65. The highest BCUT2D eigenvalue weighted by atomic mass is 35.5. The van der Waals surface area contributed by atoms with Gasteiger partial charge in [0.1, 0.15) is 11.9 Å². The van der Waals surface area contributed by atoms with Gasteiger partial charge >= 0.3 is 0 Å². The van der Waals surface area contributed by atoms with Crippen LogP contribution in [-0.4, -0.2) is 56.9 Å². The Morgan fingerprint density at radius 2 is 2.15 bits per heavy atom. The Balaban J connectivity index is 1.36. The number of nitrogens with zero attached hydrogens (tertiary/aromatic N) is 1. The molecule has 0 bridgehead atoms. The Hall–Kier alpha value is -0.810. The molecule has 1 fully saturated rings. The number of ether oxygens (including phenoxy) is 2. The standard InChI is InChI=1S/C15H21ClN2O2/c16-13-1-2-15-12(9-13)10-14(20-15)11-17-3-4-18-5-7-19-8-6-18/h1-2,9,14,17H,3-8,10-11H2. The molecule has 3 rings (SSSR count). The molecular formula is C15H21ClN2O2. The molecule has 0 aromatic heterocycles. The summed E-state index contributed by atoms with van der Waals surface area (Å²) in [4.78, 5) is 2.43. The van der Waals surface area contributed by atoms with E-state index in [4.69, 9.17) is 21.1 Å². The zero-order chi connectivity index (χ0) is 13.8. The fraction of sp³-hybridized carbons (Fsp3) is 0.600. The zero-order valence-electron chi connectivity index (χ0n) is 11.6. The maximum absolute atomic E-state index is 6.00. The highest BCUT2D eigenvalue weighted by Crippen LogP contribution is 2.30. The van der Waals surface area contributed by atoms with Crippen LogP contribution in [0.1, 0.15) is 5.56 Å². The lowest BCUT2D eigenvalue weighted by Crippen LogP contribution is -2.41. The third kappa shape index (κ3) is 3.64. The van der Waals surface area contributed by atoms with E-state index in [-0.39, 0.29) is 6.10 Å². The molecule has 20 heavy (non-hydrogen) atoms. The molecular weight excluding hydrogens is 276 g/mol. The lowest BCUT2D eigenvalue weighted by molar-refractivity contribution is 0.0382. The molecule has 2 aliphatic heterocycles. The number of hydrogen-bond donors (Lipinski definition) is 1. The summed E-state index contributed by atoms with van der Waals surface area (Å²) in [6.07, 6.45) is 1.17. The van der Waals surface area contributed by atoms with Crippen LogP contribution < -0.4 is 10.1 Å². The van der Waals surface area contributed by atoms with E-state index < -0.39 is 0 Å². The predicted octanol–water partition coefficient (Wildman–Crippen LogP) is 1.57. The van der Waals surface area contributed by atoms with E-state index in [1.54, 1.807) is 0 Å². The molecule has 0 amide bonds. The summed E-state index contributed by atoms with van der Waals surface area (Å²) in [6.45, 7) is 6.78. The topological polar surface area (TPSA) is 33.7 Å². The van der Waals surface area contributed by atoms with Gasteiger partial charge in [-0.2, -0.15) is 0 Å². The Labute approximate surface area is 125 Å². The number of morpholine rings is 1. The van der Waals surface area contributed by atoms with E-state index in [0.29, 0.717) is 0 Å². The molecule has 2 aliphatic rings. The second-order valence-electron chi connectivity index (χ2n) is 5.35. The van der Waals surface area contributed by atoms with Gasteiger partial charge in [-0.05, 0) is 23.8 Å². The Morgan fingerprint density at radius 1 is 1.30 bits per heavy atom. The summed E-state index contributed by atoms with van der Waals surface area (Å²) in [5.74, 6) is 0.981. The molecule has 110 valence electrons. The summed E-state index contributed by atoms with van der Waals surface area (Å²) in [5, 5.41) is 4.27. The van der Waals surface area contributed by atoms with Crippen molar-refractivity contribution in [2.24, 2.45) is 0 Å². The normalized spacial score (nSPS) is 22.6. The fourth-order valence-corrected chi connectivity index (χ4v) is 2.92. The SMILES string of the molecule is Clc1ccc2c(c1)CC(CNCCN1CCOCC1)O2. The van der Waals surface area contributed by atoms with Gasteiger partial charge in [-0.25, -0.2) is 0 Å². The molecule has 1 aromatic rings. The van der Waals surface area contributed by atoms with Crippen LogP contribution in [0.3, 0.4) is 0 Å². The van der Waals surface area contributed by atoms with Crippen LogP contribution in [0.5, 0.6) is 5.75 Å². The largest absolute Gasteiger partial charge is 0.488 e. The van der Waals surface area contributed by atoms with Gasteiger partial charge in [0.2, 0.25) is 0 Å². The molecule has 0 aliphatic carbocycles. The predicted molar refractivity (Wildman–Crippen MR) is 79.7 cm³/mol. The molecule has 1 saturated heterocycles. The maximum Gasteiger partial charge on any atom is 0.123 e. The lowest BCUT2D eigenvalue weighted by atomic mass is 10.1. The molecule has 2 heterocycles. The number of rotatable bonds is 5. The van der Waals surface area contributed by atoms with Crippen molar-refractivity contribution in [1.82, 2.24) is 10.2 Å². The van der Waals surface area contributed by atoms with Crippen molar-refractivity contribution in [3.63, 3.8) is 0 Å². The van der Waals surface area contributed by atoms with Crippen molar-refractivity contribution >= 4 is 11.6 Å². The van der Waals surface area contributed by atoms with Crippen molar-refractivity contribution in [3.8, 4) is 5.75 Å². The van der Waals surface area contributed by atoms with E-state index in [1.807, 2.05) is 18.2 Å². The number of fused-ring (bicyclic) bond motifs is 1. The van der Waals surface area contributed by atoms with Crippen molar-refractivity contribution in [1.29, 1.82) is 0 Å². The molecule has 1 atom stereocenters. The van der Waals surface area contributed by atoms with E-state index >= 15 is 0 Å². The molecule has 0 saturated carbocycles. The number of benzene rings is 1. The second kappa shape index (κ2) is 6.76. The summed E-state index contributed by atoms with van der Waals surface area (Å²) >= 11 is 6.00. The Kier molecular flexibility index (Phi) is 4.78. The maximum atomic E-state index is 6.00. The first-order valence-electron chi connectivity index (χ1n) is 7.27. The monoisotopic (exact) mass is 296 g/mol. The molecule has 1 unspecified atom stereocenters. The van der Waals surface area contributed by atoms with Crippen molar-refractivity contribution in [3.05, 3.63) is 28.8 Å². The van der Waals surface area contributed by atoms with Crippen molar-refractivity contribution in [2.75, 3.05) is 45.9 Å². The van der Waals surface area contributed by atoms with Gasteiger partial charge in [-0.1, -0.05) is 11.6 Å². The van der Waals surface area contributed by atoms with Gasteiger partial charge in [0.25, 0.3) is 0 Å². The van der Waals surface area contributed by atoms with Gasteiger partial charge in [0.15, 0.2) is 0 Å². The van der Waals surface area contributed by atoms with Crippen LogP contribution in [0.2, 0.25) is 5.02 Å². The minimum absolute atomic E-state index is 0.230. The first kappa shape index (κ1) is 14.1. The first-order chi connectivity index (χ1) is 9.81. The number of halogens is 1. The molecule has 1 N–H and O–H groups in total. The van der Waals surface area contributed by atoms with E-state index in [1.165, 1.54) is 5.56 Å². The minimum atomic E-state index is 0.230. The van der Waals surface area contributed by atoms with Crippen LogP contribution in [0.4, 0.5) is 0 Å². The fourth-order valence-electron chi connectivity index (χ4n) is 2.73. The summed E-state index contributed by atoms with van der Waals surface area (Å²) in [6, 6.07) is 5.85. The quantitative estimate of drug-likeness (QED) is 0.836. The Morgan fingerprint density at radius 3 is 3.00 bits per heavy atom. The van der Waals surface area contributed by atoms with Gasteiger partial charge < -0.3 is 14.8 Å². The average molecular weight is 297 g/mol. The lowest BCUT2D eigenvalue weighted by Gasteiger charge is -2.26. The second-order valence-corrected chi connectivity index (χ2v) is 5.79. The highest BCUT2D eigenvalue weighted by molar-refractivity contribution is 6.30. The number of hydrogen-bond acceptors (Lipinski definition) is 4. The molecule has 4 nitrogen and oxygen atoms in total. The van der Waals surface area contributed by atoms with Crippen LogP contribution in [0, 0.1) is 0 Å².